The number of aromatic nitrogens is 3. The molecule has 0 aliphatic heterocycles. The van der Waals surface area contributed by atoms with E-state index in [1.807, 2.05) is 19.1 Å². The third kappa shape index (κ3) is 2.90. The molecular weight excluding hydrogens is 244 g/mol. The summed E-state index contributed by atoms with van der Waals surface area (Å²) in [5.41, 5.74) is 0.00533. The van der Waals surface area contributed by atoms with Crippen LogP contribution in [0.3, 0.4) is 0 Å². The number of aryl methyl sites for hydroxylation is 1. The number of pyridine rings is 1. The van der Waals surface area contributed by atoms with Crippen molar-refractivity contribution in [3.8, 4) is 0 Å². The van der Waals surface area contributed by atoms with Gasteiger partial charge in [0.15, 0.2) is 0 Å². The van der Waals surface area contributed by atoms with Crippen molar-refractivity contribution in [2.45, 2.75) is 13.5 Å². The standard InChI is InChI=1S/C13H16N4O2/c1-3-14-11-6-4-5-10(15-11)9-17-12(18)7-8-16(2)13(17)19/h4-8H,3,9H2,1-2H3,(H,14,15). The first-order valence-electron chi connectivity index (χ1n) is 6.08. The maximum Gasteiger partial charge on any atom is 0.331 e. The summed E-state index contributed by atoms with van der Waals surface area (Å²) in [4.78, 5) is 28.0. The van der Waals surface area contributed by atoms with Crippen molar-refractivity contribution in [3.05, 3.63) is 57.0 Å². The third-order valence-corrected chi connectivity index (χ3v) is 2.72. The molecule has 100 valence electrons. The fourth-order valence-electron chi connectivity index (χ4n) is 1.77. The van der Waals surface area contributed by atoms with Crippen LogP contribution < -0.4 is 16.6 Å². The highest BCUT2D eigenvalue weighted by molar-refractivity contribution is 5.35. The Labute approximate surface area is 110 Å². The lowest BCUT2D eigenvalue weighted by Gasteiger charge is -2.08. The Balaban J connectivity index is 2.36. The van der Waals surface area contributed by atoms with Crippen LogP contribution in [0.1, 0.15) is 12.6 Å². The van der Waals surface area contributed by atoms with Gasteiger partial charge < -0.3 is 9.88 Å². The first-order chi connectivity index (χ1) is 9.11. The van der Waals surface area contributed by atoms with Crippen molar-refractivity contribution in [1.82, 2.24) is 14.1 Å². The fraction of sp³-hybridized carbons (Fsp3) is 0.308. The molecule has 0 saturated carbocycles. The van der Waals surface area contributed by atoms with Gasteiger partial charge >= 0.3 is 5.69 Å². The molecule has 0 aromatic carbocycles. The number of hydrogen-bond donors (Lipinski definition) is 1. The Hall–Kier alpha value is -2.37. The van der Waals surface area contributed by atoms with Crippen LogP contribution in [0.2, 0.25) is 0 Å². The second-order valence-corrected chi connectivity index (χ2v) is 4.18. The van der Waals surface area contributed by atoms with Crippen LogP contribution in [0, 0.1) is 0 Å². The lowest BCUT2D eigenvalue weighted by Crippen LogP contribution is -2.38. The lowest BCUT2D eigenvalue weighted by atomic mass is 10.3. The van der Waals surface area contributed by atoms with Gasteiger partial charge in [0, 0.05) is 25.9 Å². The van der Waals surface area contributed by atoms with Crippen LogP contribution in [0.5, 0.6) is 0 Å². The molecular formula is C13H16N4O2. The minimum Gasteiger partial charge on any atom is -0.370 e. The molecule has 2 rings (SSSR count). The monoisotopic (exact) mass is 260 g/mol. The lowest BCUT2D eigenvalue weighted by molar-refractivity contribution is 0.631. The second kappa shape index (κ2) is 5.51. The zero-order chi connectivity index (χ0) is 13.8. The van der Waals surface area contributed by atoms with Gasteiger partial charge in [-0.05, 0) is 19.1 Å². The van der Waals surface area contributed by atoms with Crippen LogP contribution in [0.4, 0.5) is 5.82 Å². The smallest absolute Gasteiger partial charge is 0.331 e. The largest absolute Gasteiger partial charge is 0.370 e. The summed E-state index contributed by atoms with van der Waals surface area (Å²) in [5, 5.41) is 3.09. The summed E-state index contributed by atoms with van der Waals surface area (Å²) in [5.74, 6) is 0.737. The molecule has 1 N–H and O–H groups in total. The molecule has 6 heteroatoms. The van der Waals surface area contributed by atoms with Crippen molar-refractivity contribution in [2.75, 3.05) is 11.9 Å². The normalized spacial score (nSPS) is 10.4. The molecule has 0 bridgehead atoms. The first-order valence-corrected chi connectivity index (χ1v) is 6.08. The Morgan fingerprint density at radius 1 is 1.26 bits per heavy atom. The zero-order valence-electron chi connectivity index (χ0n) is 11.0. The minimum atomic E-state index is -0.344. The molecule has 6 nitrogen and oxygen atoms in total. The van der Waals surface area contributed by atoms with E-state index in [2.05, 4.69) is 10.3 Å². The molecule has 0 radical (unpaired) electrons. The molecule has 0 atom stereocenters. The van der Waals surface area contributed by atoms with Crippen molar-refractivity contribution >= 4 is 5.82 Å². The van der Waals surface area contributed by atoms with Gasteiger partial charge in [-0.3, -0.25) is 9.36 Å². The molecule has 0 aliphatic carbocycles. The molecule has 2 heterocycles. The molecule has 0 spiro atoms. The van der Waals surface area contributed by atoms with Gasteiger partial charge in [-0.1, -0.05) is 6.07 Å². The Morgan fingerprint density at radius 2 is 2.05 bits per heavy atom. The maximum atomic E-state index is 11.9. The average molecular weight is 260 g/mol. The number of rotatable bonds is 4. The summed E-state index contributed by atoms with van der Waals surface area (Å²) < 4.78 is 2.54. The van der Waals surface area contributed by atoms with Gasteiger partial charge in [0.2, 0.25) is 0 Å². The van der Waals surface area contributed by atoms with E-state index < -0.39 is 0 Å². The first kappa shape index (κ1) is 13.1. The topological polar surface area (TPSA) is 68.9 Å². The summed E-state index contributed by atoms with van der Waals surface area (Å²) in [6.07, 6.45) is 1.46. The van der Waals surface area contributed by atoms with E-state index in [-0.39, 0.29) is 17.8 Å². The molecule has 0 saturated heterocycles. The van der Waals surface area contributed by atoms with Crippen molar-refractivity contribution in [1.29, 1.82) is 0 Å². The predicted molar refractivity (Wildman–Crippen MR) is 73.4 cm³/mol. The van der Waals surface area contributed by atoms with Crippen molar-refractivity contribution in [2.24, 2.45) is 7.05 Å². The molecule has 0 fully saturated rings. The van der Waals surface area contributed by atoms with Gasteiger partial charge in [0.05, 0.1) is 12.2 Å². The van der Waals surface area contributed by atoms with E-state index in [1.54, 1.807) is 13.1 Å². The van der Waals surface area contributed by atoms with Gasteiger partial charge in [-0.25, -0.2) is 9.78 Å². The maximum absolute atomic E-state index is 11.9. The molecule has 19 heavy (non-hydrogen) atoms. The number of anilines is 1. The number of nitrogens with one attached hydrogen (secondary N) is 1. The Morgan fingerprint density at radius 3 is 2.79 bits per heavy atom. The summed E-state index contributed by atoms with van der Waals surface area (Å²) >= 11 is 0. The summed E-state index contributed by atoms with van der Waals surface area (Å²) in [7, 11) is 1.61. The molecule has 0 amide bonds. The van der Waals surface area contributed by atoms with E-state index in [1.165, 1.54) is 16.8 Å². The van der Waals surface area contributed by atoms with E-state index in [0.717, 1.165) is 16.9 Å². The summed E-state index contributed by atoms with van der Waals surface area (Å²) in [6, 6.07) is 6.85. The van der Waals surface area contributed by atoms with E-state index in [4.69, 9.17) is 0 Å². The minimum absolute atomic E-state index is 0.172. The van der Waals surface area contributed by atoms with Crippen molar-refractivity contribution in [3.63, 3.8) is 0 Å². The SMILES string of the molecule is CCNc1cccc(Cn2c(=O)ccn(C)c2=O)n1. The third-order valence-electron chi connectivity index (χ3n) is 2.72. The predicted octanol–water partition coefficient (Wildman–Crippen LogP) is 0.422. The van der Waals surface area contributed by atoms with E-state index >= 15 is 0 Å². The van der Waals surface area contributed by atoms with Gasteiger partial charge in [-0.2, -0.15) is 0 Å². The van der Waals surface area contributed by atoms with Crippen LogP contribution in [-0.2, 0) is 13.6 Å². The van der Waals surface area contributed by atoms with Gasteiger partial charge in [0.1, 0.15) is 5.82 Å². The van der Waals surface area contributed by atoms with E-state index in [9.17, 15) is 9.59 Å². The Bertz CT molecular complexity index is 688. The second-order valence-electron chi connectivity index (χ2n) is 4.18. The molecule has 2 aromatic rings. The quantitative estimate of drug-likeness (QED) is 0.865. The summed E-state index contributed by atoms with van der Waals surface area (Å²) in [6.45, 7) is 2.92. The van der Waals surface area contributed by atoms with E-state index in [0.29, 0.717) is 5.69 Å². The van der Waals surface area contributed by atoms with Crippen LogP contribution in [-0.4, -0.2) is 20.7 Å². The zero-order valence-corrected chi connectivity index (χ0v) is 11.0. The molecule has 0 aliphatic rings. The number of nitrogens with zero attached hydrogens (tertiary/aromatic N) is 3. The molecule has 2 aromatic heterocycles. The van der Waals surface area contributed by atoms with Gasteiger partial charge in [-0.15, -0.1) is 0 Å². The van der Waals surface area contributed by atoms with Crippen LogP contribution in [0.25, 0.3) is 0 Å². The highest BCUT2D eigenvalue weighted by atomic mass is 16.2. The number of hydrogen-bond acceptors (Lipinski definition) is 4. The fourth-order valence-corrected chi connectivity index (χ4v) is 1.77. The van der Waals surface area contributed by atoms with Crippen molar-refractivity contribution < 1.29 is 0 Å². The van der Waals surface area contributed by atoms with Crippen LogP contribution in [0.15, 0.2) is 40.1 Å². The highest BCUT2D eigenvalue weighted by Crippen LogP contribution is 2.04. The van der Waals surface area contributed by atoms with Crippen LogP contribution >= 0.6 is 0 Å². The van der Waals surface area contributed by atoms with Gasteiger partial charge in [0.25, 0.3) is 5.56 Å². The molecule has 0 unspecified atom stereocenters. The Kier molecular flexibility index (Phi) is 3.79. The highest BCUT2D eigenvalue weighted by Gasteiger charge is 2.05. The average Bonchev–Trinajstić information content (AvgIpc) is 2.40.